The van der Waals surface area contributed by atoms with Gasteiger partial charge in [-0.25, -0.2) is 0 Å². The first-order valence-electron chi connectivity index (χ1n) is 8.21. The lowest BCUT2D eigenvalue weighted by Gasteiger charge is -2.26. The Morgan fingerprint density at radius 3 is 2.61 bits per heavy atom. The zero-order valence-corrected chi connectivity index (χ0v) is 13.2. The van der Waals surface area contributed by atoms with Crippen molar-refractivity contribution < 1.29 is 24.4 Å². The Balaban J connectivity index is 1.79. The van der Waals surface area contributed by atoms with E-state index in [1.165, 1.54) is 0 Å². The van der Waals surface area contributed by atoms with E-state index in [4.69, 9.17) is 15.5 Å². The number of carbonyl (C=O) groups excluding carboxylic acids is 1. The van der Waals surface area contributed by atoms with Crippen LogP contribution >= 0.6 is 0 Å². The van der Waals surface area contributed by atoms with Crippen molar-refractivity contribution in [2.45, 2.75) is 63.0 Å². The summed E-state index contributed by atoms with van der Waals surface area (Å²) in [5.74, 6) is -1.31. The number of carboxylic acids is 1. The van der Waals surface area contributed by atoms with Crippen LogP contribution in [0, 0.1) is 5.92 Å². The quantitative estimate of drug-likeness (QED) is 0.424. The normalized spacial score (nSPS) is 31.5. The summed E-state index contributed by atoms with van der Waals surface area (Å²) in [6.45, 7) is 0. The first-order chi connectivity index (χ1) is 10.9. The molecule has 0 saturated heterocycles. The molecule has 0 aromatic rings. The minimum Gasteiger partial charge on any atom is -0.481 e. The summed E-state index contributed by atoms with van der Waals surface area (Å²) < 4.78 is 5.30. The van der Waals surface area contributed by atoms with E-state index in [-0.39, 0.29) is 18.4 Å². The number of amides is 1. The molecule has 0 aromatic carbocycles. The molecule has 2 aliphatic rings. The van der Waals surface area contributed by atoms with Crippen molar-refractivity contribution in [2.24, 2.45) is 11.7 Å². The molecule has 1 heterocycles. The summed E-state index contributed by atoms with van der Waals surface area (Å²) in [4.78, 5) is 22.9. The molecule has 2 rings (SSSR count). The van der Waals surface area contributed by atoms with E-state index >= 15 is 0 Å². The SMILES string of the molecule is NC1CCC(CC(=O)N[C@H]2CC=C[C@H](CC(=O)O)OB2O)CC1. The van der Waals surface area contributed by atoms with Gasteiger partial charge in [0, 0.05) is 12.5 Å². The fourth-order valence-corrected chi connectivity index (χ4v) is 3.15. The molecule has 1 amide bonds. The standard InChI is InChI=1S/C15H25BN2O5/c17-11-6-4-10(5-7-11)8-14(19)18-13-3-1-2-12(9-15(20)21)23-16(13)22/h1-2,10-13,22H,3-9,17H2,(H,18,19)(H,20,21)/t10?,11?,12-,13+/m1/s1. The van der Waals surface area contributed by atoms with Gasteiger partial charge < -0.3 is 25.8 Å². The maximum Gasteiger partial charge on any atom is 0.478 e. The van der Waals surface area contributed by atoms with Crippen LogP contribution in [-0.2, 0) is 14.2 Å². The lowest BCUT2D eigenvalue weighted by atomic mass is 9.76. The number of nitrogens with one attached hydrogen (secondary N) is 1. The number of carbonyl (C=O) groups is 2. The van der Waals surface area contributed by atoms with Gasteiger partial charge >= 0.3 is 13.1 Å². The van der Waals surface area contributed by atoms with Crippen molar-refractivity contribution in [2.75, 3.05) is 0 Å². The lowest BCUT2D eigenvalue weighted by Crippen LogP contribution is -2.48. The van der Waals surface area contributed by atoms with Gasteiger partial charge in [0.25, 0.3) is 0 Å². The Bertz CT molecular complexity index is 451. The highest BCUT2D eigenvalue weighted by atomic mass is 16.5. The van der Waals surface area contributed by atoms with Gasteiger partial charge in [-0.15, -0.1) is 0 Å². The molecule has 1 saturated carbocycles. The minimum absolute atomic E-state index is 0.108. The van der Waals surface area contributed by atoms with Crippen LogP contribution in [-0.4, -0.2) is 47.2 Å². The van der Waals surface area contributed by atoms with Crippen molar-refractivity contribution in [3.8, 4) is 0 Å². The average molecular weight is 324 g/mol. The van der Waals surface area contributed by atoms with E-state index in [0.717, 1.165) is 25.7 Å². The number of rotatable bonds is 5. The summed E-state index contributed by atoms with van der Waals surface area (Å²) in [6, 6.07) is 0.252. The summed E-state index contributed by atoms with van der Waals surface area (Å²) >= 11 is 0. The van der Waals surface area contributed by atoms with Gasteiger partial charge in [0.2, 0.25) is 5.91 Å². The second-order valence-corrected chi connectivity index (χ2v) is 6.49. The smallest absolute Gasteiger partial charge is 0.478 e. The van der Waals surface area contributed by atoms with Crippen molar-refractivity contribution in [3.63, 3.8) is 0 Å². The molecule has 0 unspecified atom stereocenters. The number of aliphatic carboxylic acids is 1. The predicted octanol–water partition coefficient (Wildman–Crippen LogP) is 0.218. The Labute approximate surface area is 136 Å². The van der Waals surface area contributed by atoms with E-state index in [9.17, 15) is 14.6 Å². The third kappa shape index (κ3) is 5.97. The van der Waals surface area contributed by atoms with E-state index in [0.29, 0.717) is 18.8 Å². The highest BCUT2D eigenvalue weighted by Crippen LogP contribution is 2.25. The Morgan fingerprint density at radius 1 is 1.26 bits per heavy atom. The molecule has 5 N–H and O–H groups in total. The van der Waals surface area contributed by atoms with Crippen LogP contribution in [0.5, 0.6) is 0 Å². The second-order valence-electron chi connectivity index (χ2n) is 6.49. The van der Waals surface area contributed by atoms with Gasteiger partial charge in [0.05, 0.1) is 18.5 Å². The summed E-state index contributed by atoms with van der Waals surface area (Å²) in [5, 5.41) is 21.6. The lowest BCUT2D eigenvalue weighted by molar-refractivity contribution is -0.138. The fraction of sp³-hybridized carbons (Fsp3) is 0.733. The average Bonchev–Trinajstić information content (AvgIpc) is 2.63. The van der Waals surface area contributed by atoms with Gasteiger partial charge in [-0.05, 0) is 38.0 Å². The minimum atomic E-state index is -1.21. The molecule has 7 nitrogen and oxygen atoms in total. The van der Waals surface area contributed by atoms with Gasteiger partial charge in [0.1, 0.15) is 0 Å². The molecule has 1 fully saturated rings. The van der Waals surface area contributed by atoms with Gasteiger partial charge in [0.15, 0.2) is 0 Å². The molecule has 128 valence electrons. The summed E-state index contributed by atoms with van der Waals surface area (Å²) in [5.41, 5.74) is 5.86. The Kier molecular flexibility index (Phi) is 6.62. The predicted molar refractivity (Wildman–Crippen MR) is 85.3 cm³/mol. The molecule has 0 bridgehead atoms. The van der Waals surface area contributed by atoms with Gasteiger partial charge in [-0.2, -0.15) is 0 Å². The Hall–Kier alpha value is -1.38. The number of hydrogen-bond acceptors (Lipinski definition) is 5. The van der Waals surface area contributed by atoms with Crippen LogP contribution in [0.4, 0.5) is 0 Å². The molecule has 23 heavy (non-hydrogen) atoms. The third-order valence-corrected chi connectivity index (χ3v) is 4.49. The molecule has 0 aromatic heterocycles. The zero-order chi connectivity index (χ0) is 16.8. The largest absolute Gasteiger partial charge is 0.481 e. The molecular formula is C15H25BN2O5. The highest BCUT2D eigenvalue weighted by Gasteiger charge is 2.33. The van der Waals surface area contributed by atoms with E-state index in [1.54, 1.807) is 12.2 Å². The molecule has 2 atom stereocenters. The summed E-state index contributed by atoms with van der Waals surface area (Å²) in [6.07, 6.45) is 7.13. The number of carboxylic acid groups (broad SMARTS) is 1. The van der Waals surface area contributed by atoms with Crippen LogP contribution in [0.1, 0.15) is 44.9 Å². The first kappa shape index (κ1) is 18.0. The third-order valence-electron chi connectivity index (χ3n) is 4.49. The molecule has 0 radical (unpaired) electrons. The van der Waals surface area contributed by atoms with Crippen LogP contribution in [0.2, 0.25) is 0 Å². The molecular weight excluding hydrogens is 299 g/mol. The monoisotopic (exact) mass is 324 g/mol. The molecule has 8 heteroatoms. The van der Waals surface area contributed by atoms with Crippen molar-refractivity contribution in [1.82, 2.24) is 5.32 Å². The molecule has 0 spiro atoms. The van der Waals surface area contributed by atoms with Crippen molar-refractivity contribution in [1.29, 1.82) is 0 Å². The van der Waals surface area contributed by atoms with Crippen molar-refractivity contribution in [3.05, 3.63) is 12.2 Å². The summed E-state index contributed by atoms with van der Waals surface area (Å²) in [7, 11) is -1.21. The van der Waals surface area contributed by atoms with Crippen molar-refractivity contribution >= 4 is 19.0 Å². The maximum atomic E-state index is 12.2. The highest BCUT2D eigenvalue weighted by molar-refractivity contribution is 6.45. The number of nitrogens with two attached hydrogens (primary N) is 1. The van der Waals surface area contributed by atoms with Crippen LogP contribution in [0.3, 0.4) is 0 Å². The van der Waals surface area contributed by atoms with E-state index in [2.05, 4.69) is 5.32 Å². The molecule has 1 aliphatic heterocycles. The van der Waals surface area contributed by atoms with Crippen LogP contribution < -0.4 is 11.1 Å². The van der Waals surface area contributed by atoms with Gasteiger partial charge in [-0.3, -0.25) is 9.59 Å². The van der Waals surface area contributed by atoms with E-state index < -0.39 is 25.1 Å². The molecule has 1 aliphatic carbocycles. The van der Waals surface area contributed by atoms with E-state index in [1.807, 2.05) is 0 Å². The van der Waals surface area contributed by atoms with Crippen LogP contribution in [0.15, 0.2) is 12.2 Å². The maximum absolute atomic E-state index is 12.2. The first-order valence-corrected chi connectivity index (χ1v) is 8.21. The van der Waals surface area contributed by atoms with Crippen LogP contribution in [0.25, 0.3) is 0 Å². The zero-order valence-electron chi connectivity index (χ0n) is 13.2. The Morgan fingerprint density at radius 2 is 1.96 bits per heavy atom. The second kappa shape index (κ2) is 8.47. The van der Waals surface area contributed by atoms with Gasteiger partial charge in [-0.1, -0.05) is 12.2 Å². The fourth-order valence-electron chi connectivity index (χ4n) is 3.15. The number of hydrogen-bond donors (Lipinski definition) is 4. The topological polar surface area (TPSA) is 122 Å².